The number of hydrogen-bond donors (Lipinski definition) is 4. The lowest BCUT2D eigenvalue weighted by Crippen LogP contribution is -2.36. The molecule has 0 radical (unpaired) electrons. The number of H-pyrrole nitrogens is 1. The Morgan fingerprint density at radius 2 is 1.76 bits per heavy atom. The van der Waals surface area contributed by atoms with Gasteiger partial charge in [-0.15, -0.1) is 0 Å². The fourth-order valence-electron chi connectivity index (χ4n) is 3.08. The van der Waals surface area contributed by atoms with Gasteiger partial charge in [-0.1, -0.05) is 29.8 Å². The maximum absolute atomic E-state index is 12.8. The second-order valence-corrected chi connectivity index (χ2v) is 6.91. The zero-order valence-electron chi connectivity index (χ0n) is 15.0. The third-order valence-corrected chi connectivity index (χ3v) is 4.67. The van der Waals surface area contributed by atoms with Gasteiger partial charge in [0.05, 0.1) is 11.5 Å². The summed E-state index contributed by atoms with van der Waals surface area (Å²) in [6.45, 7) is 0. The van der Waals surface area contributed by atoms with Gasteiger partial charge in [-0.05, 0) is 36.4 Å². The Kier molecular flexibility index (Phi) is 5.01. The minimum absolute atomic E-state index is 0.0692. The van der Waals surface area contributed by atoms with Crippen molar-refractivity contribution >= 4 is 46.6 Å². The molecule has 1 unspecified atom stereocenters. The summed E-state index contributed by atoms with van der Waals surface area (Å²) in [5.41, 5.74) is 0.854. The molecule has 3 aromatic rings. The highest BCUT2D eigenvalue weighted by Crippen LogP contribution is 2.30. The van der Waals surface area contributed by atoms with Crippen molar-refractivity contribution in [2.75, 3.05) is 16.0 Å². The monoisotopic (exact) mass is 409 g/mol. The van der Waals surface area contributed by atoms with Gasteiger partial charge in [0.15, 0.2) is 0 Å². The first-order valence-corrected chi connectivity index (χ1v) is 9.20. The quantitative estimate of drug-likeness (QED) is 0.528. The second kappa shape index (κ2) is 7.76. The topological polar surface area (TPSA) is 116 Å². The van der Waals surface area contributed by atoms with E-state index in [9.17, 15) is 14.4 Å². The number of carbonyl (C=O) groups is 2. The van der Waals surface area contributed by atoms with E-state index in [0.29, 0.717) is 10.7 Å². The van der Waals surface area contributed by atoms with E-state index in [1.54, 1.807) is 36.4 Å². The van der Waals surface area contributed by atoms with Crippen molar-refractivity contribution in [1.82, 2.24) is 9.97 Å². The zero-order valence-corrected chi connectivity index (χ0v) is 15.8. The van der Waals surface area contributed by atoms with Crippen LogP contribution in [0.4, 0.5) is 23.1 Å². The first-order valence-electron chi connectivity index (χ1n) is 8.82. The van der Waals surface area contributed by atoms with Gasteiger partial charge >= 0.3 is 0 Å². The highest BCUT2D eigenvalue weighted by molar-refractivity contribution is 6.30. The predicted octanol–water partition coefficient (Wildman–Crippen LogP) is 3.23. The number of nitrogens with zero attached hydrogens (tertiary/aromatic N) is 1. The number of carbonyl (C=O) groups excluding carboxylic acids is 2. The van der Waals surface area contributed by atoms with Crippen LogP contribution in [-0.4, -0.2) is 21.8 Å². The molecule has 8 nitrogen and oxygen atoms in total. The summed E-state index contributed by atoms with van der Waals surface area (Å²) >= 11 is 5.85. The molecule has 2 aromatic carbocycles. The van der Waals surface area contributed by atoms with Gasteiger partial charge in [-0.3, -0.25) is 19.4 Å². The molecule has 2 amide bonds. The third kappa shape index (κ3) is 4.12. The Morgan fingerprint density at radius 1 is 1.03 bits per heavy atom. The molecule has 4 rings (SSSR count). The number of aromatic amines is 1. The molecule has 0 fully saturated rings. The van der Waals surface area contributed by atoms with Crippen LogP contribution in [0.2, 0.25) is 5.02 Å². The molecule has 1 aliphatic heterocycles. The first-order chi connectivity index (χ1) is 14.0. The van der Waals surface area contributed by atoms with Crippen molar-refractivity contribution < 1.29 is 9.59 Å². The van der Waals surface area contributed by atoms with Crippen molar-refractivity contribution in [3.05, 3.63) is 75.5 Å². The average Bonchev–Trinajstić information content (AvgIpc) is 2.69. The molecule has 0 spiro atoms. The number of para-hydroxylation sites is 1. The Balaban J connectivity index is 1.63. The summed E-state index contributed by atoms with van der Waals surface area (Å²) in [4.78, 5) is 44.5. The first kappa shape index (κ1) is 18.7. The van der Waals surface area contributed by atoms with Crippen LogP contribution in [0.25, 0.3) is 0 Å². The molecule has 4 N–H and O–H groups in total. The molecule has 1 aromatic heterocycles. The highest BCUT2D eigenvalue weighted by atomic mass is 35.5. The standard InChI is InChI=1S/C20H16ClN5O3/c21-11-6-8-13(9-7-11)22-18(28)14-10-15(27)24-17-16(14)19(29)26-20(25-17)23-12-4-2-1-3-5-12/h1-9,14H,10H2,(H,22,28)(H3,23,24,25,26,27,29). The normalized spacial score (nSPS) is 15.2. The fourth-order valence-corrected chi connectivity index (χ4v) is 3.20. The van der Waals surface area contributed by atoms with Crippen LogP contribution in [-0.2, 0) is 9.59 Å². The Bertz CT molecular complexity index is 1130. The van der Waals surface area contributed by atoms with Crippen molar-refractivity contribution in [2.45, 2.75) is 12.3 Å². The molecule has 2 heterocycles. The summed E-state index contributed by atoms with van der Waals surface area (Å²) < 4.78 is 0. The Labute approximate surface area is 170 Å². The van der Waals surface area contributed by atoms with Crippen molar-refractivity contribution in [2.24, 2.45) is 0 Å². The molecule has 146 valence electrons. The molecule has 1 aliphatic rings. The van der Waals surface area contributed by atoms with Crippen LogP contribution in [0.15, 0.2) is 59.4 Å². The van der Waals surface area contributed by atoms with Crippen LogP contribution in [0.1, 0.15) is 17.9 Å². The molecular formula is C20H16ClN5O3. The lowest BCUT2D eigenvalue weighted by Gasteiger charge is -2.23. The number of fused-ring (bicyclic) bond motifs is 1. The molecule has 9 heteroatoms. The van der Waals surface area contributed by atoms with E-state index in [2.05, 4.69) is 25.9 Å². The second-order valence-electron chi connectivity index (χ2n) is 6.47. The number of halogens is 1. The number of benzene rings is 2. The van der Waals surface area contributed by atoms with Gasteiger partial charge in [0.25, 0.3) is 5.56 Å². The number of nitrogens with one attached hydrogen (secondary N) is 4. The van der Waals surface area contributed by atoms with Gasteiger partial charge in [0, 0.05) is 22.8 Å². The Hall–Kier alpha value is -3.65. The van der Waals surface area contributed by atoms with E-state index in [0.717, 1.165) is 5.69 Å². The maximum Gasteiger partial charge on any atom is 0.258 e. The van der Waals surface area contributed by atoms with E-state index in [1.165, 1.54) is 0 Å². The van der Waals surface area contributed by atoms with Crippen LogP contribution < -0.4 is 21.5 Å². The number of amides is 2. The van der Waals surface area contributed by atoms with Gasteiger partial charge < -0.3 is 16.0 Å². The lowest BCUT2D eigenvalue weighted by molar-refractivity contribution is -0.123. The number of anilines is 4. The summed E-state index contributed by atoms with van der Waals surface area (Å²) in [6, 6.07) is 15.7. The lowest BCUT2D eigenvalue weighted by atomic mass is 9.92. The van der Waals surface area contributed by atoms with Crippen LogP contribution in [0, 0.1) is 0 Å². The van der Waals surface area contributed by atoms with E-state index in [-0.39, 0.29) is 23.8 Å². The molecule has 0 saturated heterocycles. The summed E-state index contributed by atoms with van der Waals surface area (Å²) in [5.74, 6) is -1.59. The average molecular weight is 410 g/mol. The summed E-state index contributed by atoms with van der Waals surface area (Å²) in [6.07, 6.45) is -0.150. The molecule has 29 heavy (non-hydrogen) atoms. The summed E-state index contributed by atoms with van der Waals surface area (Å²) in [5, 5.41) is 8.78. The van der Waals surface area contributed by atoms with E-state index < -0.39 is 23.3 Å². The van der Waals surface area contributed by atoms with Crippen molar-refractivity contribution in [1.29, 1.82) is 0 Å². The van der Waals surface area contributed by atoms with Crippen molar-refractivity contribution in [3.8, 4) is 0 Å². The zero-order chi connectivity index (χ0) is 20.4. The van der Waals surface area contributed by atoms with Crippen LogP contribution >= 0.6 is 11.6 Å². The molecule has 0 bridgehead atoms. The minimum atomic E-state index is -0.962. The Morgan fingerprint density at radius 3 is 2.48 bits per heavy atom. The third-order valence-electron chi connectivity index (χ3n) is 4.42. The number of aromatic nitrogens is 2. The van der Waals surface area contributed by atoms with Crippen LogP contribution in [0.5, 0.6) is 0 Å². The summed E-state index contributed by atoms with van der Waals surface area (Å²) in [7, 11) is 0. The number of rotatable bonds is 4. The van der Waals surface area contributed by atoms with Crippen molar-refractivity contribution in [3.63, 3.8) is 0 Å². The van der Waals surface area contributed by atoms with E-state index in [1.807, 2.05) is 18.2 Å². The van der Waals surface area contributed by atoms with Gasteiger partial charge in [0.2, 0.25) is 17.8 Å². The maximum atomic E-state index is 12.8. The van der Waals surface area contributed by atoms with Crippen LogP contribution in [0.3, 0.4) is 0 Å². The molecule has 1 atom stereocenters. The smallest absolute Gasteiger partial charge is 0.258 e. The van der Waals surface area contributed by atoms with E-state index in [4.69, 9.17) is 11.6 Å². The largest absolute Gasteiger partial charge is 0.326 e. The fraction of sp³-hybridized carbons (Fsp3) is 0.100. The highest BCUT2D eigenvalue weighted by Gasteiger charge is 2.34. The van der Waals surface area contributed by atoms with E-state index >= 15 is 0 Å². The SMILES string of the molecule is O=C1CC(C(=O)Nc2ccc(Cl)cc2)c2c(nc(Nc3ccccc3)[nH]c2=O)N1. The van der Waals surface area contributed by atoms with Gasteiger partial charge in [-0.25, -0.2) is 0 Å². The molecule has 0 saturated carbocycles. The van der Waals surface area contributed by atoms with Gasteiger partial charge in [0.1, 0.15) is 5.82 Å². The minimum Gasteiger partial charge on any atom is -0.326 e. The molecular weight excluding hydrogens is 394 g/mol. The number of hydrogen-bond acceptors (Lipinski definition) is 5. The molecule has 0 aliphatic carbocycles. The van der Waals surface area contributed by atoms with Gasteiger partial charge in [-0.2, -0.15) is 4.98 Å². The predicted molar refractivity (Wildman–Crippen MR) is 111 cm³/mol.